The van der Waals surface area contributed by atoms with Crippen LogP contribution in [0.15, 0.2) is 24.3 Å². The summed E-state index contributed by atoms with van der Waals surface area (Å²) in [4.78, 5) is 2.33. The standard InChI is InChI=1S/C16H26N2O2/c1-20-15-4-2-3-14(11-15)16(12-17)13-5-7-18(8-6-13)9-10-19/h2-4,11,13,16,19H,5-10,12,17H2,1H3. The number of piperidine rings is 1. The molecule has 1 unspecified atom stereocenters. The molecule has 1 heterocycles. The third kappa shape index (κ3) is 3.72. The molecule has 4 nitrogen and oxygen atoms in total. The molecule has 1 fully saturated rings. The summed E-state index contributed by atoms with van der Waals surface area (Å²) in [5.74, 6) is 1.93. The van der Waals surface area contributed by atoms with E-state index >= 15 is 0 Å². The van der Waals surface area contributed by atoms with Crippen LogP contribution in [-0.2, 0) is 0 Å². The van der Waals surface area contributed by atoms with Crippen LogP contribution >= 0.6 is 0 Å². The number of aliphatic hydroxyl groups is 1. The SMILES string of the molecule is COc1cccc(C(CN)C2CCN(CCO)CC2)c1. The molecule has 20 heavy (non-hydrogen) atoms. The molecule has 4 heteroatoms. The number of likely N-dealkylation sites (tertiary alicyclic amines) is 1. The molecule has 3 N–H and O–H groups in total. The molecule has 0 aromatic heterocycles. The third-order valence-electron chi connectivity index (χ3n) is 4.39. The molecule has 112 valence electrons. The Bertz CT molecular complexity index is 403. The lowest BCUT2D eigenvalue weighted by molar-refractivity contribution is 0.138. The van der Waals surface area contributed by atoms with Gasteiger partial charge in [-0.3, -0.25) is 0 Å². The number of benzene rings is 1. The normalized spacial score (nSPS) is 18.9. The molecule has 0 amide bonds. The molecule has 0 saturated carbocycles. The van der Waals surface area contributed by atoms with E-state index in [4.69, 9.17) is 15.6 Å². The van der Waals surface area contributed by atoms with E-state index in [-0.39, 0.29) is 6.61 Å². The van der Waals surface area contributed by atoms with Crippen molar-refractivity contribution in [3.8, 4) is 5.75 Å². The van der Waals surface area contributed by atoms with Gasteiger partial charge in [0.1, 0.15) is 5.75 Å². The van der Waals surface area contributed by atoms with Crippen molar-refractivity contribution < 1.29 is 9.84 Å². The van der Waals surface area contributed by atoms with Gasteiger partial charge >= 0.3 is 0 Å². The highest BCUT2D eigenvalue weighted by molar-refractivity contribution is 5.31. The fourth-order valence-corrected chi connectivity index (χ4v) is 3.19. The molecule has 0 aliphatic carbocycles. The van der Waals surface area contributed by atoms with Crippen LogP contribution in [0.1, 0.15) is 24.3 Å². The fraction of sp³-hybridized carbons (Fsp3) is 0.625. The minimum Gasteiger partial charge on any atom is -0.497 e. The molecular weight excluding hydrogens is 252 g/mol. The summed E-state index contributed by atoms with van der Waals surface area (Å²) in [5.41, 5.74) is 7.31. The monoisotopic (exact) mass is 278 g/mol. The zero-order chi connectivity index (χ0) is 14.4. The van der Waals surface area contributed by atoms with Gasteiger partial charge in [-0.1, -0.05) is 12.1 Å². The van der Waals surface area contributed by atoms with E-state index in [0.717, 1.165) is 38.2 Å². The summed E-state index contributed by atoms with van der Waals surface area (Å²) < 4.78 is 5.31. The molecular formula is C16H26N2O2. The lowest BCUT2D eigenvalue weighted by atomic mass is 9.80. The molecule has 1 aliphatic heterocycles. The van der Waals surface area contributed by atoms with Gasteiger partial charge in [0.05, 0.1) is 13.7 Å². The molecule has 1 aliphatic rings. The number of ether oxygens (including phenoxy) is 1. The van der Waals surface area contributed by atoms with Crippen molar-refractivity contribution in [2.75, 3.05) is 39.9 Å². The van der Waals surface area contributed by atoms with Crippen molar-refractivity contribution in [3.63, 3.8) is 0 Å². The Balaban J connectivity index is 2.01. The average Bonchev–Trinajstić information content (AvgIpc) is 2.50. The molecule has 1 aromatic carbocycles. The second kappa shape index (κ2) is 7.62. The van der Waals surface area contributed by atoms with Crippen LogP contribution in [0.4, 0.5) is 0 Å². The number of nitrogens with zero attached hydrogens (tertiary/aromatic N) is 1. The summed E-state index contributed by atoms with van der Waals surface area (Å²) in [6, 6.07) is 8.27. The highest BCUT2D eigenvalue weighted by Crippen LogP contribution is 2.33. The zero-order valence-corrected chi connectivity index (χ0v) is 12.3. The zero-order valence-electron chi connectivity index (χ0n) is 12.3. The first-order chi connectivity index (χ1) is 9.78. The number of rotatable bonds is 6. The molecule has 2 rings (SSSR count). The van der Waals surface area contributed by atoms with Crippen molar-refractivity contribution in [3.05, 3.63) is 29.8 Å². The summed E-state index contributed by atoms with van der Waals surface area (Å²) in [6.45, 7) is 3.84. The van der Waals surface area contributed by atoms with Crippen LogP contribution in [-0.4, -0.2) is 49.9 Å². The number of aliphatic hydroxyl groups excluding tert-OH is 1. The minimum absolute atomic E-state index is 0.251. The highest BCUT2D eigenvalue weighted by atomic mass is 16.5. The number of methoxy groups -OCH3 is 1. The van der Waals surface area contributed by atoms with Crippen molar-refractivity contribution in [1.82, 2.24) is 4.90 Å². The first-order valence-corrected chi connectivity index (χ1v) is 7.45. The van der Waals surface area contributed by atoms with E-state index in [1.165, 1.54) is 5.56 Å². The Morgan fingerprint density at radius 3 is 2.75 bits per heavy atom. The second-order valence-corrected chi connectivity index (χ2v) is 5.52. The average molecular weight is 278 g/mol. The fourth-order valence-electron chi connectivity index (χ4n) is 3.19. The van der Waals surface area contributed by atoms with Gasteiger partial charge in [0.25, 0.3) is 0 Å². The molecule has 1 saturated heterocycles. The van der Waals surface area contributed by atoms with Crippen molar-refractivity contribution in [2.45, 2.75) is 18.8 Å². The third-order valence-corrected chi connectivity index (χ3v) is 4.39. The van der Waals surface area contributed by atoms with Crippen molar-refractivity contribution in [2.24, 2.45) is 11.7 Å². The Morgan fingerprint density at radius 2 is 2.15 bits per heavy atom. The Morgan fingerprint density at radius 1 is 1.40 bits per heavy atom. The van der Waals surface area contributed by atoms with E-state index in [0.29, 0.717) is 18.4 Å². The Hall–Kier alpha value is -1.10. The number of hydrogen-bond donors (Lipinski definition) is 2. The second-order valence-electron chi connectivity index (χ2n) is 5.52. The largest absolute Gasteiger partial charge is 0.497 e. The predicted octanol–water partition coefficient (Wildman–Crippen LogP) is 1.44. The predicted molar refractivity (Wildman–Crippen MR) is 81.0 cm³/mol. The minimum atomic E-state index is 0.251. The summed E-state index contributed by atoms with van der Waals surface area (Å²) >= 11 is 0. The van der Waals surface area contributed by atoms with Gasteiger partial charge in [0.15, 0.2) is 0 Å². The Kier molecular flexibility index (Phi) is 5.83. The van der Waals surface area contributed by atoms with Crippen LogP contribution < -0.4 is 10.5 Å². The van der Waals surface area contributed by atoms with Gasteiger partial charge in [-0.25, -0.2) is 0 Å². The van der Waals surface area contributed by atoms with Crippen molar-refractivity contribution in [1.29, 1.82) is 0 Å². The van der Waals surface area contributed by atoms with Crippen molar-refractivity contribution >= 4 is 0 Å². The smallest absolute Gasteiger partial charge is 0.119 e. The van der Waals surface area contributed by atoms with E-state index < -0.39 is 0 Å². The van der Waals surface area contributed by atoms with Gasteiger partial charge in [-0.15, -0.1) is 0 Å². The van der Waals surface area contributed by atoms with E-state index in [1.807, 2.05) is 12.1 Å². The van der Waals surface area contributed by atoms with Crippen LogP contribution in [0.5, 0.6) is 5.75 Å². The van der Waals surface area contributed by atoms with Gasteiger partial charge in [-0.2, -0.15) is 0 Å². The first kappa shape index (κ1) is 15.3. The molecule has 0 radical (unpaired) electrons. The summed E-state index contributed by atoms with van der Waals surface area (Å²) in [6.07, 6.45) is 2.30. The van der Waals surface area contributed by atoms with Gasteiger partial charge in [-0.05, 0) is 62.0 Å². The number of hydrogen-bond acceptors (Lipinski definition) is 4. The van der Waals surface area contributed by atoms with Crippen LogP contribution in [0, 0.1) is 5.92 Å². The lowest BCUT2D eigenvalue weighted by Gasteiger charge is -2.35. The molecule has 0 spiro atoms. The maximum absolute atomic E-state index is 9.00. The Labute approximate surface area is 121 Å². The van der Waals surface area contributed by atoms with Crippen LogP contribution in [0.2, 0.25) is 0 Å². The lowest BCUT2D eigenvalue weighted by Crippen LogP contribution is -2.38. The van der Waals surface area contributed by atoms with Crippen LogP contribution in [0.3, 0.4) is 0 Å². The van der Waals surface area contributed by atoms with E-state index in [2.05, 4.69) is 17.0 Å². The van der Waals surface area contributed by atoms with E-state index in [9.17, 15) is 0 Å². The molecule has 1 aromatic rings. The maximum atomic E-state index is 9.00. The molecule has 1 atom stereocenters. The summed E-state index contributed by atoms with van der Waals surface area (Å²) in [7, 11) is 1.70. The van der Waals surface area contributed by atoms with Gasteiger partial charge in [0, 0.05) is 6.54 Å². The number of nitrogens with two attached hydrogens (primary N) is 1. The quantitative estimate of drug-likeness (QED) is 0.827. The van der Waals surface area contributed by atoms with E-state index in [1.54, 1.807) is 7.11 Å². The molecule has 0 bridgehead atoms. The highest BCUT2D eigenvalue weighted by Gasteiger charge is 2.26. The summed E-state index contributed by atoms with van der Waals surface area (Å²) in [5, 5.41) is 9.00. The van der Waals surface area contributed by atoms with Crippen LogP contribution in [0.25, 0.3) is 0 Å². The van der Waals surface area contributed by atoms with Gasteiger partial charge < -0.3 is 20.5 Å². The topological polar surface area (TPSA) is 58.7 Å². The van der Waals surface area contributed by atoms with Gasteiger partial charge in [0.2, 0.25) is 0 Å². The maximum Gasteiger partial charge on any atom is 0.119 e. The number of β-amino-alcohol motifs (C(OH)–C–C–N with tert-alkyl or cyclic N) is 1. The first-order valence-electron chi connectivity index (χ1n) is 7.45.